The summed E-state index contributed by atoms with van der Waals surface area (Å²) in [5, 5.41) is 9.68. The van der Waals surface area contributed by atoms with Gasteiger partial charge in [0.1, 0.15) is 5.94 Å². The predicted octanol–water partition coefficient (Wildman–Crippen LogP) is 6.26. The van der Waals surface area contributed by atoms with Crippen molar-refractivity contribution in [3.63, 3.8) is 0 Å². The van der Waals surface area contributed by atoms with Crippen LogP contribution in [0.4, 0.5) is 0 Å². The van der Waals surface area contributed by atoms with Crippen LogP contribution in [0.15, 0.2) is 70.6 Å². The van der Waals surface area contributed by atoms with Crippen molar-refractivity contribution < 1.29 is 19.4 Å². The fraction of sp³-hybridized carbons (Fsp3) is 0.484. The van der Waals surface area contributed by atoms with Gasteiger partial charge in [0.15, 0.2) is 11.7 Å². The second kappa shape index (κ2) is 15.8. The Kier molecular flexibility index (Phi) is 12.5. The molecule has 1 aromatic carbocycles. The SMILES string of the molecule is C=C(N=C(OCSC1=CCC=C(CC)C=C1)C(C)CCOC)c1ccc(C(=O)CN2CCC(O)CC2)cc1. The van der Waals surface area contributed by atoms with Crippen molar-refractivity contribution >= 4 is 29.1 Å². The van der Waals surface area contributed by atoms with Crippen LogP contribution in [0.2, 0.25) is 0 Å². The topological polar surface area (TPSA) is 71.4 Å². The predicted molar refractivity (Wildman–Crippen MR) is 158 cm³/mol. The number of rotatable bonds is 13. The molecule has 1 atom stereocenters. The summed E-state index contributed by atoms with van der Waals surface area (Å²) in [4.78, 5) is 20.8. The van der Waals surface area contributed by atoms with E-state index in [1.165, 1.54) is 10.5 Å². The number of aliphatic imine (C=N–C) groups is 1. The lowest BCUT2D eigenvalue weighted by molar-refractivity contribution is 0.0711. The number of methoxy groups -OCH3 is 1. The summed E-state index contributed by atoms with van der Waals surface area (Å²) in [5.74, 6) is 1.25. The smallest absolute Gasteiger partial charge is 0.192 e. The molecule has 6 nitrogen and oxygen atoms in total. The number of ketones is 1. The van der Waals surface area contributed by atoms with Gasteiger partial charge in [-0.3, -0.25) is 9.69 Å². The maximum Gasteiger partial charge on any atom is 0.192 e. The lowest BCUT2D eigenvalue weighted by atomic mass is 10.0. The van der Waals surface area contributed by atoms with Gasteiger partial charge >= 0.3 is 0 Å². The minimum absolute atomic E-state index is 0.0724. The van der Waals surface area contributed by atoms with Crippen molar-refractivity contribution in [2.24, 2.45) is 10.9 Å². The first-order valence-electron chi connectivity index (χ1n) is 13.5. The van der Waals surface area contributed by atoms with E-state index in [1.54, 1.807) is 18.9 Å². The molecule has 0 saturated carbocycles. The minimum atomic E-state index is -0.242. The van der Waals surface area contributed by atoms with Gasteiger partial charge in [0.05, 0.1) is 18.3 Å². The van der Waals surface area contributed by atoms with Gasteiger partial charge in [-0.05, 0) is 43.7 Å². The molecule has 2 aliphatic rings. The third-order valence-corrected chi connectivity index (χ3v) is 7.76. The van der Waals surface area contributed by atoms with Crippen LogP contribution in [0, 0.1) is 5.92 Å². The fourth-order valence-electron chi connectivity index (χ4n) is 4.30. The summed E-state index contributed by atoms with van der Waals surface area (Å²) >= 11 is 1.66. The van der Waals surface area contributed by atoms with Gasteiger partial charge in [-0.1, -0.05) is 80.3 Å². The number of Topliss-reactive ketones (excluding diaryl/α,β-unsaturated/α-hetero) is 1. The second-order valence-electron chi connectivity index (χ2n) is 9.80. The number of carbonyl (C=O) groups is 1. The highest BCUT2D eigenvalue weighted by Crippen LogP contribution is 2.24. The van der Waals surface area contributed by atoms with Crippen LogP contribution in [0.3, 0.4) is 0 Å². The van der Waals surface area contributed by atoms with Gasteiger partial charge in [0.2, 0.25) is 0 Å². The van der Waals surface area contributed by atoms with Gasteiger partial charge in [0, 0.05) is 43.2 Å². The zero-order valence-corrected chi connectivity index (χ0v) is 23.8. The lowest BCUT2D eigenvalue weighted by Gasteiger charge is -2.28. The molecule has 0 radical (unpaired) electrons. The Morgan fingerprint density at radius 3 is 2.58 bits per heavy atom. The number of hydrogen-bond donors (Lipinski definition) is 1. The van der Waals surface area contributed by atoms with Crippen molar-refractivity contribution in [1.82, 2.24) is 4.90 Å². The molecule has 1 aliphatic heterocycles. The zero-order valence-electron chi connectivity index (χ0n) is 23.0. The average Bonchev–Trinajstić information content (AvgIpc) is 3.17. The molecule has 7 heteroatoms. The van der Waals surface area contributed by atoms with E-state index in [4.69, 9.17) is 14.5 Å². The van der Waals surface area contributed by atoms with Gasteiger partial charge in [-0.2, -0.15) is 0 Å². The van der Waals surface area contributed by atoms with Crippen LogP contribution >= 0.6 is 11.8 Å². The second-order valence-corrected chi connectivity index (χ2v) is 10.8. The maximum atomic E-state index is 12.7. The molecule has 1 fully saturated rings. The molecule has 38 heavy (non-hydrogen) atoms. The minimum Gasteiger partial charge on any atom is -0.469 e. The number of benzene rings is 1. The highest BCUT2D eigenvalue weighted by molar-refractivity contribution is 8.03. The van der Waals surface area contributed by atoms with Gasteiger partial charge in [-0.25, -0.2) is 4.99 Å². The average molecular weight is 539 g/mol. The molecule has 1 unspecified atom stereocenters. The summed E-state index contributed by atoms with van der Waals surface area (Å²) in [6.07, 6.45) is 12.8. The molecule has 0 spiro atoms. The van der Waals surface area contributed by atoms with E-state index in [0.717, 1.165) is 50.8 Å². The Balaban J connectivity index is 1.61. The third kappa shape index (κ3) is 9.70. The number of nitrogens with zero attached hydrogens (tertiary/aromatic N) is 2. The van der Waals surface area contributed by atoms with E-state index in [2.05, 4.69) is 49.6 Å². The number of thioether (sulfide) groups is 1. The third-order valence-electron chi connectivity index (χ3n) is 6.89. The Morgan fingerprint density at radius 1 is 1.18 bits per heavy atom. The van der Waals surface area contributed by atoms with E-state index in [0.29, 0.717) is 36.2 Å². The summed E-state index contributed by atoms with van der Waals surface area (Å²) in [6.45, 7) is 10.9. The Labute approximate surface area is 232 Å². The molecule has 1 heterocycles. The number of aliphatic hydroxyl groups excluding tert-OH is 1. The largest absolute Gasteiger partial charge is 0.469 e. The van der Waals surface area contributed by atoms with Crippen molar-refractivity contribution in [2.45, 2.75) is 52.1 Å². The molecule has 1 saturated heterocycles. The summed E-state index contributed by atoms with van der Waals surface area (Å²) in [6, 6.07) is 7.46. The Morgan fingerprint density at radius 2 is 1.89 bits per heavy atom. The van der Waals surface area contributed by atoms with Crippen LogP contribution in [-0.2, 0) is 9.47 Å². The quantitative estimate of drug-likeness (QED) is 0.138. The van der Waals surface area contributed by atoms with Gasteiger partial charge in [0.25, 0.3) is 0 Å². The number of allylic oxidation sites excluding steroid dienone is 5. The number of aliphatic hydroxyl groups is 1. The van der Waals surface area contributed by atoms with Crippen LogP contribution in [0.1, 0.15) is 61.9 Å². The normalized spacial score (nSPS) is 17.9. The van der Waals surface area contributed by atoms with Crippen LogP contribution in [0.5, 0.6) is 0 Å². The first kappa shape index (κ1) is 30.1. The molecule has 0 aromatic heterocycles. The number of piperidine rings is 1. The summed E-state index contributed by atoms with van der Waals surface area (Å²) in [7, 11) is 1.69. The van der Waals surface area contributed by atoms with E-state index in [-0.39, 0.29) is 17.8 Å². The van der Waals surface area contributed by atoms with Crippen LogP contribution in [-0.4, -0.2) is 67.1 Å². The lowest BCUT2D eigenvalue weighted by Crippen LogP contribution is -2.39. The van der Waals surface area contributed by atoms with E-state index >= 15 is 0 Å². The molecule has 3 rings (SSSR count). The molecule has 1 aliphatic carbocycles. The summed E-state index contributed by atoms with van der Waals surface area (Å²) in [5.41, 5.74) is 3.47. The Hall–Kier alpha value is -2.45. The van der Waals surface area contributed by atoms with E-state index < -0.39 is 0 Å². The van der Waals surface area contributed by atoms with Gasteiger partial charge < -0.3 is 14.6 Å². The fourth-order valence-corrected chi connectivity index (χ4v) is 4.99. The maximum absolute atomic E-state index is 12.7. The standard InChI is InChI=1S/C31H42N2O4S/c1-5-25-7-6-8-29(14-9-25)38-22-37-31(23(2)17-20-36-4)32-24(3)26-10-12-27(13-11-26)30(35)21-33-18-15-28(34)16-19-33/h7-14,23,28,34H,3,5-6,15-22H2,1-2,4H3. The molecule has 0 amide bonds. The number of hydrogen-bond acceptors (Lipinski definition) is 7. The highest BCUT2D eigenvalue weighted by atomic mass is 32.2. The zero-order chi connectivity index (χ0) is 27.3. The first-order valence-corrected chi connectivity index (χ1v) is 14.5. The van der Waals surface area contributed by atoms with Crippen molar-refractivity contribution in [1.29, 1.82) is 0 Å². The highest BCUT2D eigenvalue weighted by Gasteiger charge is 2.20. The molecule has 0 bridgehead atoms. The molecular weight excluding hydrogens is 496 g/mol. The van der Waals surface area contributed by atoms with Gasteiger partial charge in [-0.15, -0.1) is 0 Å². The van der Waals surface area contributed by atoms with Crippen molar-refractivity contribution in [3.8, 4) is 0 Å². The van der Waals surface area contributed by atoms with Crippen LogP contribution in [0.25, 0.3) is 5.70 Å². The number of ether oxygens (including phenoxy) is 2. The molecule has 1 aromatic rings. The Bertz CT molecular complexity index is 1050. The summed E-state index contributed by atoms with van der Waals surface area (Å²) < 4.78 is 11.4. The number of likely N-dealkylation sites (tertiary alicyclic amines) is 1. The molecule has 206 valence electrons. The van der Waals surface area contributed by atoms with Crippen LogP contribution < -0.4 is 0 Å². The van der Waals surface area contributed by atoms with E-state index in [9.17, 15) is 9.90 Å². The monoisotopic (exact) mass is 538 g/mol. The van der Waals surface area contributed by atoms with E-state index in [1.807, 2.05) is 24.3 Å². The van der Waals surface area contributed by atoms with Crippen molar-refractivity contribution in [3.05, 3.63) is 76.8 Å². The first-order chi connectivity index (χ1) is 18.4. The number of carbonyl (C=O) groups excluding carboxylic acids is 1. The molecular formula is C31H42N2O4S. The van der Waals surface area contributed by atoms with Crippen molar-refractivity contribution in [2.75, 3.05) is 39.3 Å². The molecule has 1 N–H and O–H groups in total.